The predicted octanol–water partition coefficient (Wildman–Crippen LogP) is 3.65. The van der Waals surface area contributed by atoms with Crippen LogP contribution in [0.3, 0.4) is 0 Å². The Balaban J connectivity index is 2.74. The molecule has 7 heteroatoms. The molecule has 114 valence electrons. The van der Waals surface area contributed by atoms with E-state index < -0.39 is 0 Å². The van der Waals surface area contributed by atoms with Gasteiger partial charge >= 0.3 is 6.01 Å². The van der Waals surface area contributed by atoms with E-state index in [-0.39, 0.29) is 16.0 Å². The van der Waals surface area contributed by atoms with Crippen LogP contribution in [0.15, 0.2) is 0 Å². The minimum absolute atomic E-state index is 0.149. The summed E-state index contributed by atoms with van der Waals surface area (Å²) in [5, 5.41) is 3.40. The van der Waals surface area contributed by atoms with Crippen LogP contribution in [0.1, 0.15) is 40.0 Å². The molecule has 0 saturated carbocycles. The molecule has 0 aromatic carbocycles. The minimum Gasteiger partial charge on any atom is -0.463 e. The van der Waals surface area contributed by atoms with Crippen molar-refractivity contribution in [2.75, 3.05) is 24.7 Å². The van der Waals surface area contributed by atoms with E-state index in [1.807, 2.05) is 18.7 Å². The van der Waals surface area contributed by atoms with E-state index >= 15 is 0 Å². The van der Waals surface area contributed by atoms with Crippen LogP contribution in [0.4, 0.5) is 5.95 Å². The lowest BCUT2D eigenvalue weighted by Crippen LogP contribution is -2.32. The SMILES string of the molecule is CCCOc1nc(Cl)nc(NCC(CC)(CC)SC)n1. The zero-order valence-electron chi connectivity index (χ0n) is 12.6. The zero-order valence-corrected chi connectivity index (χ0v) is 14.1. The Bertz CT molecular complexity index is 407. The summed E-state index contributed by atoms with van der Waals surface area (Å²) in [6.45, 7) is 7.76. The maximum absolute atomic E-state index is 5.89. The molecule has 1 heterocycles. The van der Waals surface area contributed by atoms with E-state index in [4.69, 9.17) is 16.3 Å². The maximum atomic E-state index is 5.89. The average molecular weight is 319 g/mol. The van der Waals surface area contributed by atoms with Crippen LogP contribution in [0.2, 0.25) is 5.28 Å². The summed E-state index contributed by atoms with van der Waals surface area (Å²) in [6.07, 6.45) is 5.18. The summed E-state index contributed by atoms with van der Waals surface area (Å²) in [7, 11) is 0. The summed E-state index contributed by atoms with van der Waals surface area (Å²) >= 11 is 7.75. The fraction of sp³-hybridized carbons (Fsp3) is 0.769. The van der Waals surface area contributed by atoms with Crippen LogP contribution in [0.5, 0.6) is 6.01 Å². The number of nitrogens with zero attached hydrogens (tertiary/aromatic N) is 3. The number of thioether (sulfide) groups is 1. The third-order valence-corrected chi connectivity index (χ3v) is 5.07. The lowest BCUT2D eigenvalue weighted by Gasteiger charge is -2.29. The Morgan fingerprint density at radius 3 is 2.45 bits per heavy atom. The molecule has 0 amide bonds. The van der Waals surface area contributed by atoms with Gasteiger partial charge in [-0.25, -0.2) is 0 Å². The van der Waals surface area contributed by atoms with E-state index in [1.165, 1.54) is 0 Å². The number of hydrogen-bond donors (Lipinski definition) is 1. The molecule has 0 aliphatic carbocycles. The third-order valence-electron chi connectivity index (χ3n) is 3.31. The molecule has 1 N–H and O–H groups in total. The summed E-state index contributed by atoms with van der Waals surface area (Å²) in [4.78, 5) is 12.3. The lowest BCUT2D eigenvalue weighted by molar-refractivity contribution is 0.291. The van der Waals surface area contributed by atoms with E-state index in [1.54, 1.807) is 0 Å². The van der Waals surface area contributed by atoms with E-state index in [9.17, 15) is 0 Å². The molecular formula is C13H23ClN4OS. The second kappa shape index (κ2) is 8.52. The topological polar surface area (TPSA) is 59.9 Å². The van der Waals surface area contributed by atoms with Crippen LogP contribution >= 0.6 is 23.4 Å². The monoisotopic (exact) mass is 318 g/mol. The molecule has 1 aromatic heterocycles. The summed E-state index contributed by atoms with van der Waals surface area (Å²) < 4.78 is 5.58. The number of aromatic nitrogens is 3. The number of ether oxygens (including phenoxy) is 1. The highest BCUT2D eigenvalue weighted by Gasteiger charge is 2.25. The van der Waals surface area contributed by atoms with E-state index in [0.717, 1.165) is 25.8 Å². The standard InChI is InChI=1S/C13H23ClN4OS/c1-5-8-19-12-17-10(14)16-11(18-12)15-9-13(6-2,7-3)20-4/h5-9H2,1-4H3,(H,15,16,17,18). The molecule has 20 heavy (non-hydrogen) atoms. The van der Waals surface area contributed by atoms with Gasteiger partial charge < -0.3 is 10.1 Å². The van der Waals surface area contributed by atoms with Gasteiger partial charge in [-0.2, -0.15) is 26.7 Å². The van der Waals surface area contributed by atoms with Crippen LogP contribution < -0.4 is 10.1 Å². The first-order valence-electron chi connectivity index (χ1n) is 6.92. The molecule has 1 rings (SSSR count). The van der Waals surface area contributed by atoms with Gasteiger partial charge in [0, 0.05) is 11.3 Å². The van der Waals surface area contributed by atoms with Gasteiger partial charge in [-0.05, 0) is 37.1 Å². The number of rotatable bonds is 9. The largest absolute Gasteiger partial charge is 0.463 e. The van der Waals surface area contributed by atoms with Gasteiger partial charge in [-0.15, -0.1) is 0 Å². The van der Waals surface area contributed by atoms with Crippen LogP contribution in [-0.4, -0.2) is 39.1 Å². The number of halogens is 1. The highest BCUT2D eigenvalue weighted by molar-refractivity contribution is 8.00. The van der Waals surface area contributed by atoms with E-state index in [2.05, 4.69) is 40.4 Å². The summed E-state index contributed by atoms with van der Waals surface area (Å²) in [6, 6.07) is 0.275. The van der Waals surface area contributed by atoms with Crippen LogP contribution in [0, 0.1) is 0 Å². The quantitative estimate of drug-likeness (QED) is 0.750. The zero-order chi connectivity index (χ0) is 15.0. The smallest absolute Gasteiger partial charge is 0.322 e. The fourth-order valence-electron chi connectivity index (χ4n) is 1.77. The highest BCUT2D eigenvalue weighted by Crippen LogP contribution is 2.30. The average Bonchev–Trinajstić information content (AvgIpc) is 2.47. The summed E-state index contributed by atoms with van der Waals surface area (Å²) in [5.74, 6) is 0.469. The first-order chi connectivity index (χ1) is 9.59. The Labute approximate surface area is 130 Å². The van der Waals surface area contributed by atoms with E-state index in [0.29, 0.717) is 12.6 Å². The van der Waals surface area contributed by atoms with Gasteiger partial charge in [0.1, 0.15) is 0 Å². The molecule has 0 saturated heterocycles. The molecular weight excluding hydrogens is 296 g/mol. The van der Waals surface area contributed by atoms with Gasteiger partial charge in [0.15, 0.2) is 0 Å². The predicted molar refractivity (Wildman–Crippen MR) is 85.9 cm³/mol. The lowest BCUT2D eigenvalue weighted by atomic mass is 10.0. The number of nitrogens with one attached hydrogen (secondary N) is 1. The second-order valence-corrected chi connectivity index (χ2v) is 6.12. The minimum atomic E-state index is 0.149. The molecule has 0 unspecified atom stereocenters. The van der Waals surface area contributed by atoms with Gasteiger partial charge in [-0.1, -0.05) is 20.8 Å². The van der Waals surface area contributed by atoms with Crippen LogP contribution in [-0.2, 0) is 0 Å². The van der Waals surface area contributed by atoms with Crippen LogP contribution in [0.25, 0.3) is 0 Å². The van der Waals surface area contributed by atoms with Gasteiger partial charge in [-0.3, -0.25) is 0 Å². The van der Waals surface area contributed by atoms with Crippen molar-refractivity contribution < 1.29 is 4.74 Å². The first-order valence-corrected chi connectivity index (χ1v) is 8.52. The second-order valence-electron chi connectivity index (χ2n) is 4.51. The Morgan fingerprint density at radius 1 is 1.20 bits per heavy atom. The van der Waals surface area contributed by atoms with Crippen molar-refractivity contribution in [3.8, 4) is 6.01 Å². The molecule has 0 aliphatic rings. The molecule has 0 fully saturated rings. The Morgan fingerprint density at radius 2 is 1.90 bits per heavy atom. The molecule has 0 bridgehead atoms. The van der Waals surface area contributed by atoms with Crippen molar-refractivity contribution in [3.05, 3.63) is 5.28 Å². The van der Waals surface area contributed by atoms with Gasteiger partial charge in [0.05, 0.1) is 6.61 Å². The molecule has 0 radical (unpaired) electrons. The van der Waals surface area contributed by atoms with Crippen molar-refractivity contribution in [1.82, 2.24) is 15.0 Å². The first kappa shape index (κ1) is 17.3. The number of hydrogen-bond acceptors (Lipinski definition) is 6. The van der Waals surface area contributed by atoms with Gasteiger partial charge in [0.25, 0.3) is 0 Å². The maximum Gasteiger partial charge on any atom is 0.322 e. The van der Waals surface area contributed by atoms with Crippen molar-refractivity contribution in [3.63, 3.8) is 0 Å². The Kier molecular flexibility index (Phi) is 7.37. The van der Waals surface area contributed by atoms with Crippen molar-refractivity contribution >= 4 is 29.3 Å². The van der Waals surface area contributed by atoms with Gasteiger partial charge in [0.2, 0.25) is 11.2 Å². The highest BCUT2D eigenvalue weighted by atomic mass is 35.5. The van der Waals surface area contributed by atoms with Crippen molar-refractivity contribution in [1.29, 1.82) is 0 Å². The molecule has 1 aromatic rings. The fourth-order valence-corrected chi connectivity index (χ4v) is 2.72. The molecule has 0 aliphatic heterocycles. The molecule has 0 spiro atoms. The Hall–Kier alpha value is -0.750. The third kappa shape index (κ3) is 4.98. The van der Waals surface area contributed by atoms with Crippen molar-refractivity contribution in [2.24, 2.45) is 0 Å². The molecule has 5 nitrogen and oxygen atoms in total. The normalized spacial score (nSPS) is 11.4. The molecule has 0 atom stereocenters. The summed E-state index contributed by atoms with van der Waals surface area (Å²) in [5.41, 5.74) is 0. The number of anilines is 1. The van der Waals surface area contributed by atoms with Crippen molar-refractivity contribution in [2.45, 2.75) is 44.8 Å².